The molecule has 14 nitrogen and oxygen atoms in total. The second kappa shape index (κ2) is 16.4. The molecule has 326 valence electrons. The minimum absolute atomic E-state index is 0.0105. The lowest BCUT2D eigenvalue weighted by molar-refractivity contribution is -0.122. The number of carbonyl (C=O) groups excluding carboxylic acids is 1. The van der Waals surface area contributed by atoms with Gasteiger partial charge >= 0.3 is 0 Å². The quantitative estimate of drug-likeness (QED) is 0.0995. The van der Waals surface area contributed by atoms with Gasteiger partial charge in [-0.2, -0.15) is 10.2 Å². The van der Waals surface area contributed by atoms with E-state index in [1.807, 2.05) is 0 Å². The van der Waals surface area contributed by atoms with Gasteiger partial charge in [0.1, 0.15) is 36.2 Å². The van der Waals surface area contributed by atoms with Gasteiger partial charge < -0.3 is 5.32 Å². The molecule has 0 spiro atoms. The second-order valence-electron chi connectivity index (χ2n) is 15.3. The largest absolute Gasteiger partial charge is 0.344 e. The van der Waals surface area contributed by atoms with Crippen LogP contribution in [0.2, 0.25) is 5.02 Å². The first-order valence-corrected chi connectivity index (χ1v) is 21.5. The molecule has 0 bridgehead atoms. The van der Waals surface area contributed by atoms with E-state index in [1.165, 1.54) is 42.7 Å². The minimum atomic E-state index is -4.04. The first-order chi connectivity index (χ1) is 30.1. The molecule has 2 N–H and O–H groups in total. The molecule has 4 heterocycles. The van der Waals surface area contributed by atoms with E-state index in [4.69, 9.17) is 16.6 Å². The summed E-state index contributed by atoms with van der Waals surface area (Å²) in [6.45, 7) is -1.67. The molecule has 63 heavy (non-hydrogen) atoms. The lowest BCUT2D eigenvalue weighted by Gasteiger charge is -2.24. The second-order valence-corrected chi connectivity index (χ2v) is 17.7. The van der Waals surface area contributed by atoms with E-state index in [-0.39, 0.29) is 61.5 Å². The van der Waals surface area contributed by atoms with Gasteiger partial charge in [0, 0.05) is 42.1 Å². The first kappa shape index (κ1) is 42.0. The first-order valence-electron chi connectivity index (χ1n) is 19.6. The zero-order valence-corrected chi connectivity index (χ0v) is 34.1. The highest BCUT2D eigenvalue weighted by Crippen LogP contribution is 2.42. The summed E-state index contributed by atoms with van der Waals surface area (Å²) >= 11 is 6.68. The molecular weight excluding hydrogens is 878 g/mol. The molecule has 0 aliphatic heterocycles. The van der Waals surface area contributed by atoms with Crippen LogP contribution in [-0.4, -0.2) is 65.1 Å². The monoisotopic (exact) mass is 910 g/mol. The Hall–Kier alpha value is -6.35. The molecule has 3 aromatic carbocycles. The topological polar surface area (TPSA) is 172 Å². The minimum Gasteiger partial charge on any atom is -0.344 e. The summed E-state index contributed by atoms with van der Waals surface area (Å²) in [5.74, 6) is -3.27. The van der Waals surface area contributed by atoms with E-state index in [0.29, 0.717) is 43.0 Å². The smallest absolute Gasteiger partial charge is 0.282 e. The van der Waals surface area contributed by atoms with Crippen LogP contribution in [-0.2, 0) is 34.3 Å². The number of halogens is 7. The van der Waals surface area contributed by atoms with Crippen LogP contribution in [0.25, 0.3) is 38.9 Å². The van der Waals surface area contributed by atoms with Gasteiger partial charge in [0.25, 0.3) is 18.4 Å². The van der Waals surface area contributed by atoms with Crippen LogP contribution < -0.4 is 15.6 Å². The van der Waals surface area contributed by atoms with Crippen LogP contribution in [0.1, 0.15) is 66.8 Å². The van der Waals surface area contributed by atoms with E-state index in [2.05, 4.69) is 30.2 Å². The third-order valence-corrected chi connectivity index (χ3v) is 12.8. The predicted octanol–water partition coefficient (Wildman–Crippen LogP) is 7.40. The SMILES string of the molecule is O=C(Cn1nc(C(F)F)cc1C1CC1)N[C@@H](Cc1cc(F)cc(F)c1)c1nc2cc(-c3ncccn3)ccc2c(=O)n1-c1ccc(Cl)c2c(NS(=O)(=O)C3CC3)nn(CC(F)F)c12. The maximum atomic E-state index is 15.1. The molecule has 2 aliphatic rings. The summed E-state index contributed by atoms with van der Waals surface area (Å²) in [5.41, 5.74) is -0.906. The standard InChI is InChI=1S/C41H33ClF6N10O4S/c42-27-8-9-31(36-35(27)39(54-57(36)18-33(45)46)55-63(61,62)25-5-6-25)58-40(52-28-15-22(4-7-26(28)41(58)60)38-49-10-1-11-50-38)30(14-20-12-23(43)16-24(44)13-20)51-34(59)19-56-32(21-2-3-21)17-29(53-56)37(47)48/h1,4,7-13,15-17,21,25,30,33,37H,2-3,5-6,14,18-19H2,(H,51,59)(H,54,55)/t30-/m0/s1. The summed E-state index contributed by atoms with van der Waals surface area (Å²) in [4.78, 5) is 42.6. The maximum Gasteiger partial charge on any atom is 0.282 e. The number of nitrogens with one attached hydrogen (secondary N) is 2. The number of hydrogen-bond donors (Lipinski definition) is 2. The van der Waals surface area contributed by atoms with E-state index >= 15 is 4.79 Å². The van der Waals surface area contributed by atoms with Crippen molar-refractivity contribution in [1.82, 2.24) is 44.4 Å². The number of anilines is 1. The fourth-order valence-corrected chi connectivity index (χ4v) is 9.15. The Morgan fingerprint density at radius 3 is 2.30 bits per heavy atom. The third-order valence-electron chi connectivity index (χ3n) is 10.6. The van der Waals surface area contributed by atoms with Gasteiger partial charge in [-0.15, -0.1) is 0 Å². The van der Waals surface area contributed by atoms with Crippen molar-refractivity contribution in [2.45, 2.75) is 75.3 Å². The lowest BCUT2D eigenvalue weighted by atomic mass is 10.0. The van der Waals surface area contributed by atoms with Crippen LogP contribution in [0, 0.1) is 11.6 Å². The molecule has 0 unspecified atom stereocenters. The number of sulfonamides is 1. The number of alkyl halides is 4. The maximum absolute atomic E-state index is 15.1. The summed E-state index contributed by atoms with van der Waals surface area (Å²) in [5, 5.41) is 9.91. The normalized spacial score (nSPS) is 14.9. The highest BCUT2D eigenvalue weighted by Gasteiger charge is 2.38. The van der Waals surface area contributed by atoms with Crippen LogP contribution in [0.5, 0.6) is 0 Å². The van der Waals surface area contributed by atoms with Crippen molar-refractivity contribution in [3.63, 3.8) is 0 Å². The number of aromatic nitrogens is 8. The fourth-order valence-electron chi connectivity index (χ4n) is 7.57. The van der Waals surface area contributed by atoms with Crippen LogP contribution in [0.4, 0.5) is 32.2 Å². The summed E-state index contributed by atoms with van der Waals surface area (Å²) in [6, 6.07) is 11.1. The van der Waals surface area contributed by atoms with Crippen molar-refractivity contribution in [3.05, 3.63) is 123 Å². The zero-order chi connectivity index (χ0) is 44.3. The average Bonchev–Trinajstić information content (AvgIpc) is 4.17. The fraction of sp³-hybridized carbons (Fsp3) is 0.293. The van der Waals surface area contributed by atoms with Crippen molar-refractivity contribution in [1.29, 1.82) is 0 Å². The number of hydrogen-bond acceptors (Lipinski definition) is 9. The van der Waals surface area contributed by atoms with Crippen molar-refractivity contribution in [3.8, 4) is 17.1 Å². The molecule has 4 aromatic heterocycles. The highest BCUT2D eigenvalue weighted by atomic mass is 35.5. The summed E-state index contributed by atoms with van der Waals surface area (Å²) in [6.07, 6.45) is -1.30. The number of carbonyl (C=O) groups is 1. The van der Waals surface area contributed by atoms with Gasteiger partial charge in [-0.25, -0.2) is 49.7 Å². The molecule has 1 amide bonds. The van der Waals surface area contributed by atoms with E-state index in [9.17, 15) is 39.6 Å². The number of amides is 1. The van der Waals surface area contributed by atoms with Gasteiger partial charge in [-0.3, -0.25) is 28.2 Å². The van der Waals surface area contributed by atoms with Crippen LogP contribution in [0.15, 0.2) is 77.9 Å². The Kier molecular flexibility index (Phi) is 10.9. The van der Waals surface area contributed by atoms with Crippen molar-refractivity contribution < 1.29 is 39.6 Å². The Morgan fingerprint density at radius 2 is 1.63 bits per heavy atom. The van der Waals surface area contributed by atoms with Crippen molar-refractivity contribution in [2.24, 2.45) is 0 Å². The van der Waals surface area contributed by atoms with Gasteiger partial charge in [-0.05, 0) is 79.8 Å². The van der Waals surface area contributed by atoms with Crippen LogP contribution >= 0.6 is 11.6 Å². The Labute approximate surface area is 358 Å². The zero-order valence-electron chi connectivity index (χ0n) is 32.5. The molecule has 7 aromatic rings. The summed E-state index contributed by atoms with van der Waals surface area (Å²) < 4.78 is 117. The molecular formula is C41H33ClF6N10O4S. The van der Waals surface area contributed by atoms with Crippen molar-refractivity contribution in [2.75, 3.05) is 4.72 Å². The van der Waals surface area contributed by atoms with Crippen LogP contribution in [0.3, 0.4) is 0 Å². The van der Waals surface area contributed by atoms with Gasteiger partial charge in [-0.1, -0.05) is 17.7 Å². The Balaban J connectivity index is 1.27. The lowest BCUT2D eigenvalue weighted by Crippen LogP contribution is -2.37. The molecule has 2 aliphatic carbocycles. The average molecular weight is 911 g/mol. The van der Waals surface area contributed by atoms with Gasteiger partial charge in [0.2, 0.25) is 15.9 Å². The van der Waals surface area contributed by atoms with Gasteiger partial charge in [0.05, 0.1) is 43.8 Å². The van der Waals surface area contributed by atoms with E-state index in [0.717, 1.165) is 26.1 Å². The molecule has 2 saturated carbocycles. The molecule has 0 saturated heterocycles. The number of benzene rings is 3. The van der Waals surface area contributed by atoms with E-state index < -0.39 is 82.5 Å². The molecule has 2 fully saturated rings. The number of nitrogens with zero attached hydrogens (tertiary/aromatic N) is 8. The molecule has 22 heteroatoms. The number of fused-ring (bicyclic) bond motifs is 2. The molecule has 9 rings (SSSR count). The Morgan fingerprint density at radius 1 is 0.905 bits per heavy atom. The predicted molar refractivity (Wildman–Crippen MR) is 218 cm³/mol. The summed E-state index contributed by atoms with van der Waals surface area (Å²) in [7, 11) is -4.04. The Bertz CT molecular complexity index is 3080. The number of rotatable bonds is 15. The van der Waals surface area contributed by atoms with Gasteiger partial charge in [0.15, 0.2) is 11.6 Å². The third kappa shape index (κ3) is 8.58. The highest BCUT2D eigenvalue weighted by molar-refractivity contribution is 7.93. The van der Waals surface area contributed by atoms with E-state index in [1.54, 1.807) is 12.1 Å². The molecule has 0 radical (unpaired) electrons. The molecule has 1 atom stereocenters. The van der Waals surface area contributed by atoms with Crippen molar-refractivity contribution >= 4 is 55.2 Å².